The Morgan fingerprint density at radius 2 is 1.97 bits per heavy atom. The standard InChI is InChI=1S/C22H30N4O4S/c1-4-23-22(25-18-10-11-20(29-3)21(16-18)30-5-2)24-13-15-31(27,28)26-14-12-17-8-6-7-9-19(17)26/h6-11,16H,4-5,12-15H2,1-3H3,(H2,23,24,25). The van der Waals surface area contributed by atoms with Gasteiger partial charge in [0, 0.05) is 24.8 Å². The van der Waals surface area contributed by atoms with Crippen molar-refractivity contribution in [1.82, 2.24) is 5.32 Å². The van der Waals surface area contributed by atoms with Crippen LogP contribution in [0, 0.1) is 0 Å². The normalized spacial score (nSPS) is 13.6. The van der Waals surface area contributed by atoms with Crippen molar-refractivity contribution in [3.05, 3.63) is 48.0 Å². The Labute approximate surface area is 184 Å². The van der Waals surface area contributed by atoms with E-state index in [0.717, 1.165) is 23.4 Å². The van der Waals surface area contributed by atoms with Gasteiger partial charge in [0.1, 0.15) is 0 Å². The van der Waals surface area contributed by atoms with Crippen molar-refractivity contribution in [3.63, 3.8) is 0 Å². The van der Waals surface area contributed by atoms with Gasteiger partial charge >= 0.3 is 0 Å². The zero-order chi connectivity index (χ0) is 22.3. The van der Waals surface area contributed by atoms with Crippen LogP contribution in [0.15, 0.2) is 47.5 Å². The first-order valence-electron chi connectivity index (χ1n) is 10.4. The van der Waals surface area contributed by atoms with Crippen LogP contribution in [0.2, 0.25) is 0 Å². The molecule has 3 rings (SSSR count). The number of aliphatic imine (C=N–C) groups is 1. The minimum Gasteiger partial charge on any atom is -0.493 e. The molecule has 0 spiro atoms. The Bertz CT molecular complexity index is 1020. The number of methoxy groups -OCH3 is 1. The van der Waals surface area contributed by atoms with Crippen LogP contribution in [-0.4, -0.2) is 53.5 Å². The summed E-state index contributed by atoms with van der Waals surface area (Å²) in [6, 6.07) is 13.1. The highest BCUT2D eigenvalue weighted by Gasteiger charge is 2.28. The van der Waals surface area contributed by atoms with E-state index in [-0.39, 0.29) is 12.3 Å². The molecule has 1 aliphatic heterocycles. The molecule has 1 aliphatic rings. The molecule has 2 aromatic rings. The summed E-state index contributed by atoms with van der Waals surface area (Å²) in [5.41, 5.74) is 2.60. The van der Waals surface area contributed by atoms with Gasteiger partial charge < -0.3 is 20.1 Å². The third-order valence-electron chi connectivity index (χ3n) is 4.87. The Kier molecular flexibility index (Phi) is 7.62. The lowest BCUT2D eigenvalue weighted by Crippen LogP contribution is -2.34. The molecular formula is C22H30N4O4S. The van der Waals surface area contributed by atoms with Crippen LogP contribution in [-0.2, 0) is 16.4 Å². The molecule has 0 aromatic heterocycles. The number of nitrogens with zero attached hydrogens (tertiary/aromatic N) is 2. The molecular weight excluding hydrogens is 416 g/mol. The van der Waals surface area contributed by atoms with E-state index in [4.69, 9.17) is 9.47 Å². The third kappa shape index (κ3) is 5.61. The zero-order valence-electron chi connectivity index (χ0n) is 18.2. The first-order chi connectivity index (χ1) is 15.0. The van der Waals surface area contributed by atoms with Crippen molar-refractivity contribution in [1.29, 1.82) is 0 Å². The molecule has 9 heteroatoms. The molecule has 0 bridgehead atoms. The van der Waals surface area contributed by atoms with Gasteiger partial charge in [0.25, 0.3) is 0 Å². The lowest BCUT2D eigenvalue weighted by molar-refractivity contribution is 0.311. The summed E-state index contributed by atoms with van der Waals surface area (Å²) >= 11 is 0. The van der Waals surface area contributed by atoms with Crippen molar-refractivity contribution in [2.75, 3.05) is 48.7 Å². The Morgan fingerprint density at radius 3 is 2.71 bits per heavy atom. The van der Waals surface area contributed by atoms with Crippen LogP contribution in [0.5, 0.6) is 11.5 Å². The summed E-state index contributed by atoms with van der Waals surface area (Å²) in [6.07, 6.45) is 0.739. The fraction of sp³-hybridized carbons (Fsp3) is 0.409. The van der Waals surface area contributed by atoms with Crippen LogP contribution in [0.1, 0.15) is 19.4 Å². The van der Waals surface area contributed by atoms with Gasteiger partial charge in [-0.25, -0.2) is 8.42 Å². The van der Waals surface area contributed by atoms with Crippen LogP contribution < -0.4 is 24.4 Å². The van der Waals surface area contributed by atoms with E-state index in [0.29, 0.717) is 37.2 Å². The number of nitrogens with one attached hydrogen (secondary N) is 2. The second-order valence-electron chi connectivity index (χ2n) is 6.95. The number of para-hydroxylation sites is 1. The van der Waals surface area contributed by atoms with Gasteiger partial charge in [0.05, 0.1) is 31.7 Å². The van der Waals surface area contributed by atoms with Crippen LogP contribution in [0.3, 0.4) is 0 Å². The van der Waals surface area contributed by atoms with E-state index in [9.17, 15) is 8.42 Å². The summed E-state index contributed by atoms with van der Waals surface area (Å²) in [5, 5.41) is 6.34. The van der Waals surface area contributed by atoms with Gasteiger partial charge in [-0.05, 0) is 44.0 Å². The molecule has 0 saturated carbocycles. The number of ether oxygens (including phenoxy) is 2. The fourth-order valence-corrected chi connectivity index (χ4v) is 4.84. The lowest BCUT2D eigenvalue weighted by atomic mass is 10.2. The van der Waals surface area contributed by atoms with Gasteiger partial charge in [-0.2, -0.15) is 0 Å². The number of hydrogen-bond donors (Lipinski definition) is 2. The quantitative estimate of drug-likeness (QED) is 0.455. The molecule has 0 saturated heterocycles. The SMILES string of the molecule is CCNC(=NCCS(=O)(=O)N1CCc2ccccc21)Nc1ccc(OC)c(OCC)c1. The number of rotatable bonds is 9. The minimum atomic E-state index is -3.45. The molecule has 0 amide bonds. The smallest absolute Gasteiger partial charge is 0.237 e. The summed E-state index contributed by atoms with van der Waals surface area (Å²) in [5.74, 6) is 1.71. The number of sulfonamides is 1. The molecule has 31 heavy (non-hydrogen) atoms. The van der Waals surface area contributed by atoms with E-state index < -0.39 is 10.0 Å². The maximum atomic E-state index is 12.9. The zero-order valence-corrected chi connectivity index (χ0v) is 19.0. The molecule has 0 aliphatic carbocycles. The van der Waals surface area contributed by atoms with Gasteiger partial charge in [-0.3, -0.25) is 9.30 Å². The van der Waals surface area contributed by atoms with Gasteiger partial charge in [0.15, 0.2) is 17.5 Å². The van der Waals surface area contributed by atoms with Crippen molar-refractivity contribution < 1.29 is 17.9 Å². The summed E-state index contributed by atoms with van der Waals surface area (Å²) < 4.78 is 38.2. The fourth-order valence-electron chi connectivity index (χ4n) is 3.45. The Hall–Kier alpha value is -2.94. The van der Waals surface area contributed by atoms with Gasteiger partial charge in [0.2, 0.25) is 10.0 Å². The predicted molar refractivity (Wildman–Crippen MR) is 125 cm³/mol. The summed E-state index contributed by atoms with van der Waals surface area (Å²) in [7, 11) is -1.85. The molecule has 0 atom stereocenters. The first kappa shape index (κ1) is 22.7. The van der Waals surface area contributed by atoms with E-state index in [1.807, 2.05) is 56.3 Å². The van der Waals surface area contributed by atoms with Crippen molar-refractivity contribution in [3.8, 4) is 11.5 Å². The van der Waals surface area contributed by atoms with Gasteiger partial charge in [-0.15, -0.1) is 0 Å². The van der Waals surface area contributed by atoms with Crippen LogP contribution in [0.4, 0.5) is 11.4 Å². The third-order valence-corrected chi connectivity index (χ3v) is 6.62. The molecule has 0 radical (unpaired) electrons. The average Bonchev–Trinajstić information content (AvgIpc) is 3.19. The Morgan fingerprint density at radius 1 is 1.16 bits per heavy atom. The molecule has 2 N–H and O–H groups in total. The molecule has 168 valence electrons. The van der Waals surface area contributed by atoms with E-state index in [1.165, 1.54) is 4.31 Å². The van der Waals surface area contributed by atoms with E-state index in [2.05, 4.69) is 15.6 Å². The number of hydrogen-bond acceptors (Lipinski definition) is 5. The van der Waals surface area contributed by atoms with Crippen LogP contribution >= 0.6 is 0 Å². The highest BCUT2D eigenvalue weighted by Crippen LogP contribution is 2.31. The maximum Gasteiger partial charge on any atom is 0.237 e. The molecule has 2 aromatic carbocycles. The number of anilines is 2. The lowest BCUT2D eigenvalue weighted by Gasteiger charge is -2.19. The maximum absolute atomic E-state index is 12.9. The predicted octanol–water partition coefficient (Wildman–Crippen LogP) is 2.86. The highest BCUT2D eigenvalue weighted by molar-refractivity contribution is 7.92. The van der Waals surface area contributed by atoms with Crippen LogP contribution in [0.25, 0.3) is 0 Å². The monoisotopic (exact) mass is 446 g/mol. The largest absolute Gasteiger partial charge is 0.493 e. The second-order valence-corrected chi connectivity index (χ2v) is 8.96. The van der Waals surface area contributed by atoms with E-state index in [1.54, 1.807) is 7.11 Å². The van der Waals surface area contributed by atoms with Crippen molar-refractivity contribution in [2.24, 2.45) is 4.99 Å². The molecule has 0 fully saturated rings. The first-order valence-corrected chi connectivity index (χ1v) is 12.0. The van der Waals surface area contributed by atoms with Crippen molar-refractivity contribution >= 4 is 27.4 Å². The molecule has 0 unspecified atom stereocenters. The molecule has 1 heterocycles. The number of benzene rings is 2. The summed E-state index contributed by atoms with van der Waals surface area (Å²) in [4.78, 5) is 4.46. The Balaban J connectivity index is 1.68. The second kappa shape index (κ2) is 10.4. The number of guanidine groups is 1. The number of fused-ring (bicyclic) bond motifs is 1. The van der Waals surface area contributed by atoms with E-state index >= 15 is 0 Å². The van der Waals surface area contributed by atoms with Crippen molar-refractivity contribution in [2.45, 2.75) is 20.3 Å². The summed E-state index contributed by atoms with van der Waals surface area (Å²) in [6.45, 7) is 5.65. The minimum absolute atomic E-state index is 0.0648. The van der Waals surface area contributed by atoms with Gasteiger partial charge in [-0.1, -0.05) is 18.2 Å². The highest BCUT2D eigenvalue weighted by atomic mass is 32.2. The molecule has 8 nitrogen and oxygen atoms in total. The average molecular weight is 447 g/mol. The topological polar surface area (TPSA) is 92.3 Å².